The molecule has 0 unspecified atom stereocenters. The van der Waals surface area contributed by atoms with Crippen LogP contribution in [0.15, 0.2) is 0 Å². The molecule has 2 heteroatoms. The topological polar surface area (TPSA) is 20.2 Å². The third-order valence-electron chi connectivity index (χ3n) is 0.826. The molecule has 0 saturated carbocycles. The molecule has 1 heterocycles. The van der Waals surface area contributed by atoms with Crippen molar-refractivity contribution in [3.8, 4) is 0 Å². The maximum atomic E-state index is 8.89. The predicted molar refractivity (Wildman–Crippen MR) is 27.9 cm³/mol. The van der Waals surface area contributed by atoms with Crippen LogP contribution in [0, 0.1) is 0 Å². The van der Waals surface area contributed by atoms with Crippen molar-refractivity contribution in [3.05, 3.63) is 0 Å². The van der Waals surface area contributed by atoms with Crippen LogP contribution in [0.5, 0.6) is 0 Å². The molecular formula is C4H8OS. The molecule has 1 rings (SSSR count). The van der Waals surface area contributed by atoms with E-state index in [1.165, 1.54) is 0 Å². The molecule has 0 aromatic carbocycles. The van der Waals surface area contributed by atoms with Crippen molar-refractivity contribution in [3.63, 3.8) is 0 Å². The van der Waals surface area contributed by atoms with Crippen molar-refractivity contribution in [2.24, 2.45) is 0 Å². The van der Waals surface area contributed by atoms with Crippen molar-refractivity contribution in [2.45, 2.75) is 12.5 Å². The van der Waals surface area contributed by atoms with Gasteiger partial charge in [0.25, 0.3) is 0 Å². The van der Waals surface area contributed by atoms with E-state index in [0.29, 0.717) is 0 Å². The maximum absolute atomic E-state index is 8.89. The summed E-state index contributed by atoms with van der Waals surface area (Å²) in [7, 11) is 0. The lowest BCUT2D eigenvalue weighted by Crippen LogP contribution is -2.39. The molecule has 0 aliphatic carbocycles. The van der Waals surface area contributed by atoms with Gasteiger partial charge < -0.3 is 5.11 Å². The van der Waals surface area contributed by atoms with E-state index in [0.717, 1.165) is 11.5 Å². The molecule has 1 N–H and O–H groups in total. The fraction of sp³-hybridized carbons (Fsp3) is 1.00. The van der Waals surface area contributed by atoms with E-state index in [1.807, 2.05) is 6.92 Å². The first-order valence-corrected chi connectivity index (χ1v) is 3.16. The van der Waals surface area contributed by atoms with Crippen LogP contribution in [0.25, 0.3) is 0 Å². The van der Waals surface area contributed by atoms with Crippen molar-refractivity contribution in [1.29, 1.82) is 0 Å². The average Bonchev–Trinajstić information content (AvgIpc) is 1.32. The zero-order chi connectivity index (χ0) is 4.62. The minimum atomic E-state index is -0.315. The molecule has 1 aliphatic heterocycles. The number of aliphatic hydroxyl groups is 1. The highest BCUT2D eigenvalue weighted by atomic mass is 32.2. The summed E-state index contributed by atoms with van der Waals surface area (Å²) < 4.78 is 0. The Hall–Kier alpha value is 0.310. The number of thioether (sulfide) groups is 1. The smallest absolute Gasteiger partial charge is 0.0799 e. The van der Waals surface area contributed by atoms with Crippen LogP contribution in [-0.2, 0) is 0 Å². The van der Waals surface area contributed by atoms with E-state index in [-0.39, 0.29) is 5.60 Å². The largest absolute Gasteiger partial charge is 0.388 e. The molecule has 0 radical (unpaired) electrons. The highest BCUT2D eigenvalue weighted by molar-refractivity contribution is 8.00. The predicted octanol–water partition coefficient (Wildman–Crippen LogP) is 0.484. The molecule has 0 bridgehead atoms. The molecule has 1 saturated heterocycles. The van der Waals surface area contributed by atoms with Gasteiger partial charge in [0.05, 0.1) is 5.60 Å². The lowest BCUT2D eigenvalue weighted by molar-refractivity contribution is 0.0998. The Kier molecular flexibility index (Phi) is 0.848. The fourth-order valence-corrected chi connectivity index (χ4v) is 1.19. The van der Waals surface area contributed by atoms with Gasteiger partial charge in [0.1, 0.15) is 0 Å². The second kappa shape index (κ2) is 1.14. The normalized spacial score (nSPS) is 29.0. The summed E-state index contributed by atoms with van der Waals surface area (Å²) >= 11 is 1.79. The highest BCUT2D eigenvalue weighted by Gasteiger charge is 2.28. The molecule has 36 valence electrons. The standard InChI is InChI=1S/C4H8OS/c1-4(5)2-6-3-4/h5H,2-3H2,1H3. The van der Waals surface area contributed by atoms with Gasteiger partial charge in [0, 0.05) is 11.5 Å². The first-order chi connectivity index (χ1) is 2.71. The van der Waals surface area contributed by atoms with Crippen LogP contribution < -0.4 is 0 Å². The fourth-order valence-electron chi connectivity index (χ4n) is 0.397. The highest BCUT2D eigenvalue weighted by Crippen LogP contribution is 2.27. The summed E-state index contributed by atoms with van der Waals surface area (Å²) in [6, 6.07) is 0. The van der Waals surface area contributed by atoms with Crippen LogP contribution >= 0.6 is 11.8 Å². The monoisotopic (exact) mass is 104 g/mol. The Morgan fingerprint density at radius 2 is 2.00 bits per heavy atom. The van der Waals surface area contributed by atoms with Crippen LogP contribution in [0.1, 0.15) is 6.92 Å². The van der Waals surface area contributed by atoms with Gasteiger partial charge in [-0.2, -0.15) is 11.8 Å². The number of hydrogen-bond acceptors (Lipinski definition) is 2. The van der Waals surface area contributed by atoms with E-state index in [2.05, 4.69) is 0 Å². The Balaban J connectivity index is 2.31. The Bertz CT molecular complexity index is 54.6. The number of rotatable bonds is 0. The Morgan fingerprint density at radius 3 is 2.00 bits per heavy atom. The summed E-state index contributed by atoms with van der Waals surface area (Å²) in [4.78, 5) is 0. The van der Waals surface area contributed by atoms with E-state index in [4.69, 9.17) is 5.11 Å². The summed E-state index contributed by atoms with van der Waals surface area (Å²) in [6.07, 6.45) is 0. The second-order valence-corrected chi connectivity index (χ2v) is 2.98. The van der Waals surface area contributed by atoms with E-state index in [1.54, 1.807) is 11.8 Å². The SMILES string of the molecule is CC1(O)CSC1. The van der Waals surface area contributed by atoms with Crippen molar-refractivity contribution < 1.29 is 5.11 Å². The molecule has 0 atom stereocenters. The van der Waals surface area contributed by atoms with Crippen LogP contribution in [0.2, 0.25) is 0 Å². The molecule has 6 heavy (non-hydrogen) atoms. The molecular weight excluding hydrogens is 96.1 g/mol. The lowest BCUT2D eigenvalue weighted by atomic mass is 10.2. The minimum Gasteiger partial charge on any atom is -0.388 e. The summed E-state index contributed by atoms with van der Waals surface area (Å²) in [5.41, 5.74) is -0.315. The molecule has 0 spiro atoms. The first kappa shape index (κ1) is 4.47. The van der Waals surface area contributed by atoms with E-state index in [9.17, 15) is 0 Å². The summed E-state index contributed by atoms with van der Waals surface area (Å²) in [5, 5.41) is 8.89. The lowest BCUT2D eigenvalue weighted by Gasteiger charge is -2.31. The zero-order valence-electron chi connectivity index (χ0n) is 3.77. The maximum Gasteiger partial charge on any atom is 0.0799 e. The average molecular weight is 104 g/mol. The molecule has 0 amide bonds. The van der Waals surface area contributed by atoms with Gasteiger partial charge in [-0.1, -0.05) is 0 Å². The second-order valence-electron chi connectivity index (χ2n) is 1.99. The third kappa shape index (κ3) is 0.684. The molecule has 1 aliphatic rings. The van der Waals surface area contributed by atoms with Gasteiger partial charge >= 0.3 is 0 Å². The third-order valence-corrected chi connectivity index (χ3v) is 2.48. The van der Waals surface area contributed by atoms with Gasteiger partial charge in [-0.25, -0.2) is 0 Å². The van der Waals surface area contributed by atoms with Gasteiger partial charge in [-0.3, -0.25) is 0 Å². The van der Waals surface area contributed by atoms with Crippen LogP contribution in [-0.4, -0.2) is 22.2 Å². The van der Waals surface area contributed by atoms with Crippen molar-refractivity contribution >= 4 is 11.8 Å². The van der Waals surface area contributed by atoms with Crippen molar-refractivity contribution in [1.82, 2.24) is 0 Å². The summed E-state index contributed by atoms with van der Waals surface area (Å²) in [5.74, 6) is 1.85. The quantitative estimate of drug-likeness (QED) is 0.482. The van der Waals surface area contributed by atoms with Gasteiger partial charge in [0.15, 0.2) is 0 Å². The molecule has 1 fully saturated rings. The van der Waals surface area contributed by atoms with Crippen LogP contribution in [0.4, 0.5) is 0 Å². The van der Waals surface area contributed by atoms with Gasteiger partial charge in [-0.15, -0.1) is 0 Å². The van der Waals surface area contributed by atoms with Gasteiger partial charge in [-0.05, 0) is 6.92 Å². The molecule has 0 aromatic rings. The number of hydrogen-bond donors (Lipinski definition) is 1. The Labute approximate surface area is 41.7 Å². The van der Waals surface area contributed by atoms with Crippen molar-refractivity contribution in [2.75, 3.05) is 11.5 Å². The molecule has 0 aromatic heterocycles. The van der Waals surface area contributed by atoms with E-state index < -0.39 is 0 Å². The van der Waals surface area contributed by atoms with Crippen LogP contribution in [0.3, 0.4) is 0 Å². The first-order valence-electron chi connectivity index (χ1n) is 2.01. The Morgan fingerprint density at radius 1 is 1.67 bits per heavy atom. The zero-order valence-corrected chi connectivity index (χ0v) is 4.59. The van der Waals surface area contributed by atoms with E-state index >= 15 is 0 Å². The molecule has 1 nitrogen and oxygen atoms in total. The minimum absolute atomic E-state index is 0.315. The summed E-state index contributed by atoms with van der Waals surface area (Å²) in [6.45, 7) is 1.86. The van der Waals surface area contributed by atoms with Gasteiger partial charge in [0.2, 0.25) is 0 Å².